The molecule has 0 fully saturated rings. The summed E-state index contributed by atoms with van der Waals surface area (Å²) in [6, 6.07) is 0. The first-order valence-corrected chi connectivity index (χ1v) is 8.96. The second-order valence-corrected chi connectivity index (χ2v) is 8.41. The Kier molecular flexibility index (Phi) is 5.47. The molecule has 0 unspecified atom stereocenters. The summed E-state index contributed by atoms with van der Waals surface area (Å²) in [5, 5.41) is 5.31. The lowest BCUT2D eigenvalue weighted by Gasteiger charge is -2.18. The number of carbonyl (C=O) groups excluding carboxylic acids is 2. The second kappa shape index (κ2) is 7.01. The van der Waals surface area contributed by atoms with Crippen LogP contribution in [0.4, 0.5) is 5.00 Å². The van der Waals surface area contributed by atoms with Crippen LogP contribution in [0.3, 0.4) is 0 Å². The highest BCUT2D eigenvalue weighted by Crippen LogP contribution is 2.38. The summed E-state index contributed by atoms with van der Waals surface area (Å²) >= 11 is 1.56. The van der Waals surface area contributed by atoms with E-state index in [4.69, 9.17) is 0 Å². The van der Waals surface area contributed by atoms with Crippen molar-refractivity contribution in [2.45, 2.75) is 52.9 Å². The third kappa shape index (κ3) is 4.32. The van der Waals surface area contributed by atoms with Crippen molar-refractivity contribution in [3.05, 3.63) is 16.0 Å². The van der Waals surface area contributed by atoms with E-state index in [1.807, 2.05) is 20.8 Å². The van der Waals surface area contributed by atoms with Crippen LogP contribution in [-0.2, 0) is 17.6 Å². The fourth-order valence-electron chi connectivity index (χ4n) is 2.62. The Morgan fingerprint density at radius 2 is 1.74 bits per heavy atom. The number of rotatable bonds is 3. The van der Waals surface area contributed by atoms with Crippen LogP contribution in [0.5, 0.6) is 0 Å². The van der Waals surface area contributed by atoms with Gasteiger partial charge in [0.2, 0.25) is 5.91 Å². The van der Waals surface area contributed by atoms with Crippen LogP contribution in [0.2, 0.25) is 0 Å². The molecule has 6 heteroatoms. The van der Waals surface area contributed by atoms with Crippen molar-refractivity contribution in [2.75, 3.05) is 19.4 Å². The molecule has 0 aliphatic heterocycles. The van der Waals surface area contributed by atoms with Crippen molar-refractivity contribution in [1.29, 1.82) is 0 Å². The minimum absolute atomic E-state index is 0.0622. The van der Waals surface area contributed by atoms with Gasteiger partial charge in [0.05, 0.1) is 5.56 Å². The lowest BCUT2D eigenvalue weighted by molar-refractivity contribution is -0.123. The Labute approximate surface area is 142 Å². The van der Waals surface area contributed by atoms with Gasteiger partial charge < -0.3 is 5.32 Å². The SMILES string of the molecule is CN(C)NC(=O)c1c(NC(=O)C(C)(C)C)sc2c1CCCCC2. The molecule has 128 valence electrons. The van der Waals surface area contributed by atoms with Crippen molar-refractivity contribution < 1.29 is 9.59 Å². The molecule has 2 rings (SSSR count). The molecule has 1 aromatic heterocycles. The van der Waals surface area contributed by atoms with E-state index in [0.29, 0.717) is 10.6 Å². The van der Waals surface area contributed by atoms with Crippen molar-refractivity contribution in [3.8, 4) is 0 Å². The fraction of sp³-hybridized carbons (Fsp3) is 0.647. The molecule has 2 amide bonds. The van der Waals surface area contributed by atoms with E-state index in [1.165, 1.54) is 11.3 Å². The van der Waals surface area contributed by atoms with Crippen LogP contribution in [0.15, 0.2) is 0 Å². The molecule has 5 nitrogen and oxygen atoms in total. The van der Waals surface area contributed by atoms with Crippen LogP contribution in [0.25, 0.3) is 0 Å². The molecule has 0 saturated carbocycles. The van der Waals surface area contributed by atoms with Crippen LogP contribution >= 0.6 is 11.3 Å². The summed E-state index contributed by atoms with van der Waals surface area (Å²) in [4.78, 5) is 26.3. The van der Waals surface area contributed by atoms with Gasteiger partial charge in [-0.2, -0.15) is 0 Å². The van der Waals surface area contributed by atoms with E-state index in [9.17, 15) is 9.59 Å². The number of aryl methyl sites for hydroxylation is 1. The first kappa shape index (κ1) is 17.9. The zero-order valence-corrected chi connectivity index (χ0v) is 15.5. The largest absolute Gasteiger partial charge is 0.317 e. The van der Waals surface area contributed by atoms with E-state index < -0.39 is 5.41 Å². The van der Waals surface area contributed by atoms with Gasteiger partial charge in [-0.3, -0.25) is 15.0 Å². The maximum Gasteiger partial charge on any atom is 0.268 e. The van der Waals surface area contributed by atoms with E-state index in [0.717, 1.165) is 31.2 Å². The van der Waals surface area contributed by atoms with Crippen LogP contribution in [0, 0.1) is 5.41 Å². The lowest BCUT2D eigenvalue weighted by Crippen LogP contribution is -2.37. The van der Waals surface area contributed by atoms with Gasteiger partial charge >= 0.3 is 0 Å². The zero-order chi connectivity index (χ0) is 17.2. The molecule has 0 saturated heterocycles. The molecule has 1 aliphatic carbocycles. The Bertz CT molecular complexity index is 600. The summed E-state index contributed by atoms with van der Waals surface area (Å²) < 4.78 is 0. The topological polar surface area (TPSA) is 61.4 Å². The highest BCUT2D eigenvalue weighted by Gasteiger charge is 2.28. The predicted octanol–water partition coefficient (Wildman–Crippen LogP) is 3.21. The third-order valence-corrected chi connectivity index (χ3v) is 5.09. The van der Waals surface area contributed by atoms with Gasteiger partial charge in [-0.05, 0) is 31.2 Å². The molecule has 0 radical (unpaired) electrons. The highest BCUT2D eigenvalue weighted by molar-refractivity contribution is 7.17. The van der Waals surface area contributed by atoms with Crippen LogP contribution in [-0.4, -0.2) is 30.9 Å². The maximum atomic E-state index is 12.7. The lowest BCUT2D eigenvalue weighted by atomic mass is 9.95. The van der Waals surface area contributed by atoms with Crippen molar-refractivity contribution in [2.24, 2.45) is 5.41 Å². The standard InChI is InChI=1S/C17H27N3O2S/c1-17(2,3)16(22)18-15-13(14(21)19-20(4)5)11-9-7-6-8-10-12(11)23-15/h6-10H2,1-5H3,(H,18,22)(H,19,21). The Balaban J connectivity index is 2.40. The van der Waals surface area contributed by atoms with Crippen LogP contribution < -0.4 is 10.7 Å². The van der Waals surface area contributed by atoms with Gasteiger partial charge in [0, 0.05) is 24.4 Å². The number of nitrogens with zero attached hydrogens (tertiary/aromatic N) is 1. The zero-order valence-electron chi connectivity index (χ0n) is 14.7. The van der Waals surface area contributed by atoms with Gasteiger partial charge in [0.1, 0.15) is 5.00 Å². The number of amides is 2. The number of hydrazine groups is 1. The summed E-state index contributed by atoms with van der Waals surface area (Å²) in [6.45, 7) is 5.63. The number of nitrogens with one attached hydrogen (secondary N) is 2. The first-order chi connectivity index (χ1) is 10.7. The fourth-order valence-corrected chi connectivity index (χ4v) is 3.90. The monoisotopic (exact) mass is 337 g/mol. The molecular formula is C17H27N3O2S. The molecule has 0 spiro atoms. The van der Waals surface area contributed by atoms with Gasteiger partial charge in [-0.25, -0.2) is 5.01 Å². The normalized spacial score (nSPS) is 15.0. The minimum Gasteiger partial charge on any atom is -0.317 e. The minimum atomic E-state index is -0.489. The van der Waals surface area contributed by atoms with E-state index in [2.05, 4.69) is 10.7 Å². The van der Waals surface area contributed by atoms with Gasteiger partial charge in [0.15, 0.2) is 0 Å². The molecule has 0 aromatic carbocycles. The van der Waals surface area contributed by atoms with Crippen molar-refractivity contribution in [3.63, 3.8) is 0 Å². The third-order valence-electron chi connectivity index (χ3n) is 3.88. The van der Waals surface area contributed by atoms with Crippen molar-refractivity contribution in [1.82, 2.24) is 10.4 Å². The van der Waals surface area contributed by atoms with Crippen LogP contribution in [0.1, 0.15) is 60.8 Å². The first-order valence-electron chi connectivity index (χ1n) is 8.14. The average Bonchev–Trinajstić information content (AvgIpc) is 2.59. The number of hydrogen-bond donors (Lipinski definition) is 2. The number of fused-ring (bicyclic) bond motifs is 1. The number of thiophene rings is 1. The molecule has 1 aromatic rings. The maximum absolute atomic E-state index is 12.7. The van der Waals surface area contributed by atoms with Gasteiger partial charge in [-0.1, -0.05) is 27.2 Å². The summed E-state index contributed by atoms with van der Waals surface area (Å²) in [5.41, 5.74) is 4.10. The van der Waals surface area contributed by atoms with E-state index in [-0.39, 0.29) is 11.8 Å². The summed E-state index contributed by atoms with van der Waals surface area (Å²) in [7, 11) is 3.58. The Morgan fingerprint density at radius 3 is 2.35 bits per heavy atom. The molecule has 23 heavy (non-hydrogen) atoms. The Hall–Kier alpha value is -1.40. The smallest absolute Gasteiger partial charge is 0.268 e. The molecule has 1 aliphatic rings. The van der Waals surface area contributed by atoms with E-state index in [1.54, 1.807) is 30.4 Å². The van der Waals surface area contributed by atoms with E-state index >= 15 is 0 Å². The molecule has 1 heterocycles. The van der Waals surface area contributed by atoms with Gasteiger partial charge in [0.25, 0.3) is 5.91 Å². The quantitative estimate of drug-likeness (QED) is 0.658. The van der Waals surface area contributed by atoms with Gasteiger partial charge in [-0.15, -0.1) is 11.3 Å². The summed E-state index contributed by atoms with van der Waals surface area (Å²) in [6.07, 6.45) is 5.34. The second-order valence-electron chi connectivity index (χ2n) is 7.31. The molecular weight excluding hydrogens is 310 g/mol. The molecule has 0 bridgehead atoms. The Morgan fingerprint density at radius 1 is 1.09 bits per heavy atom. The average molecular weight is 337 g/mol. The molecule has 2 N–H and O–H groups in total. The van der Waals surface area contributed by atoms with Crippen molar-refractivity contribution >= 4 is 28.2 Å². The number of anilines is 1. The number of carbonyl (C=O) groups is 2. The highest BCUT2D eigenvalue weighted by atomic mass is 32.1. The molecule has 0 atom stereocenters. The number of hydrogen-bond acceptors (Lipinski definition) is 4. The summed E-state index contributed by atoms with van der Waals surface area (Å²) in [5.74, 6) is -0.202. The predicted molar refractivity (Wildman–Crippen MR) is 94.8 cm³/mol.